The first kappa shape index (κ1) is 10.9. The third-order valence-corrected chi connectivity index (χ3v) is 3.19. The van der Waals surface area contributed by atoms with Gasteiger partial charge < -0.3 is 9.47 Å². The Morgan fingerprint density at radius 3 is 2.38 bits per heavy atom. The Morgan fingerprint density at radius 1 is 1.25 bits per heavy atom. The van der Waals surface area contributed by atoms with Crippen LogP contribution in [-0.2, 0) is 23.9 Å². The average molecular weight is 224 g/mol. The molecule has 0 aromatic rings. The third kappa shape index (κ3) is 1.52. The first-order valence-corrected chi connectivity index (χ1v) is 5.07. The summed E-state index contributed by atoms with van der Waals surface area (Å²) in [6.07, 6.45) is 0.646. The predicted molar refractivity (Wildman–Crippen MR) is 52.0 cm³/mol. The number of cyclic esters (lactones) is 2. The number of esters is 3. The minimum absolute atomic E-state index is 0.244. The fourth-order valence-corrected chi connectivity index (χ4v) is 2.26. The third-order valence-electron chi connectivity index (χ3n) is 3.19. The van der Waals surface area contributed by atoms with Gasteiger partial charge in [0.1, 0.15) is 0 Å². The number of hydrogen-bond donors (Lipinski definition) is 0. The van der Waals surface area contributed by atoms with Crippen molar-refractivity contribution >= 4 is 17.9 Å². The molecule has 1 heterocycles. The molecule has 1 aliphatic heterocycles. The molecule has 2 rings (SSSR count). The molecule has 2 atom stereocenters. The van der Waals surface area contributed by atoms with Crippen molar-refractivity contribution in [3.05, 3.63) is 11.1 Å². The molecule has 0 aromatic heterocycles. The summed E-state index contributed by atoms with van der Waals surface area (Å²) in [5.74, 6) is -2.35. The van der Waals surface area contributed by atoms with Crippen LogP contribution in [0.25, 0.3) is 0 Å². The molecule has 0 amide bonds. The molecule has 0 N–H and O–H groups in total. The number of hydrogen-bond acceptors (Lipinski definition) is 5. The monoisotopic (exact) mass is 224 g/mol. The molecular weight excluding hydrogens is 212 g/mol. The predicted octanol–water partition coefficient (Wildman–Crippen LogP) is 0.585. The summed E-state index contributed by atoms with van der Waals surface area (Å²) in [7, 11) is 1.30. The molecular formula is C11H12O5. The van der Waals surface area contributed by atoms with Crippen LogP contribution in [0.5, 0.6) is 0 Å². The van der Waals surface area contributed by atoms with E-state index in [2.05, 4.69) is 9.47 Å². The van der Waals surface area contributed by atoms with Gasteiger partial charge in [0.15, 0.2) is 0 Å². The number of carbonyl (C=O) groups excluding carboxylic acids is 3. The molecule has 2 aliphatic rings. The zero-order valence-electron chi connectivity index (χ0n) is 9.11. The summed E-state index contributed by atoms with van der Waals surface area (Å²) in [5.41, 5.74) is 1.30. The summed E-state index contributed by atoms with van der Waals surface area (Å²) in [6.45, 7) is 1.78. The minimum Gasteiger partial charge on any atom is -0.466 e. The highest BCUT2D eigenvalue weighted by atomic mass is 16.6. The van der Waals surface area contributed by atoms with E-state index in [0.29, 0.717) is 12.0 Å². The van der Waals surface area contributed by atoms with Crippen LogP contribution in [0.2, 0.25) is 0 Å². The quantitative estimate of drug-likeness (QED) is 0.481. The fourth-order valence-electron chi connectivity index (χ4n) is 2.26. The largest absolute Gasteiger partial charge is 0.466 e. The number of allylic oxidation sites excluding steroid dienone is 1. The molecule has 0 bridgehead atoms. The maximum Gasteiger partial charge on any atom is 0.333 e. The molecule has 16 heavy (non-hydrogen) atoms. The topological polar surface area (TPSA) is 69.7 Å². The molecule has 1 saturated heterocycles. The fraction of sp³-hybridized carbons (Fsp3) is 0.545. The van der Waals surface area contributed by atoms with Crippen LogP contribution < -0.4 is 0 Å². The van der Waals surface area contributed by atoms with E-state index in [1.807, 2.05) is 0 Å². The van der Waals surface area contributed by atoms with Gasteiger partial charge in [-0.15, -0.1) is 0 Å². The number of rotatable bonds is 1. The van der Waals surface area contributed by atoms with Crippen molar-refractivity contribution in [1.29, 1.82) is 0 Å². The summed E-state index contributed by atoms with van der Waals surface area (Å²) >= 11 is 0. The van der Waals surface area contributed by atoms with Crippen molar-refractivity contribution in [2.45, 2.75) is 19.8 Å². The van der Waals surface area contributed by atoms with Gasteiger partial charge in [0.05, 0.1) is 18.9 Å². The number of fused-ring (bicyclic) bond motifs is 1. The highest BCUT2D eigenvalue weighted by Crippen LogP contribution is 2.39. The molecule has 0 unspecified atom stereocenters. The lowest BCUT2D eigenvalue weighted by Gasteiger charge is -2.22. The molecule has 1 fully saturated rings. The molecule has 0 spiro atoms. The van der Waals surface area contributed by atoms with Gasteiger partial charge in [-0.1, -0.05) is 5.57 Å². The lowest BCUT2D eigenvalue weighted by atomic mass is 9.77. The molecule has 86 valence electrons. The maximum atomic E-state index is 11.4. The Labute approximate surface area is 92.4 Å². The van der Waals surface area contributed by atoms with Gasteiger partial charge in [0.25, 0.3) is 0 Å². The van der Waals surface area contributed by atoms with E-state index in [-0.39, 0.29) is 6.42 Å². The summed E-state index contributed by atoms with van der Waals surface area (Å²) in [4.78, 5) is 34.1. The van der Waals surface area contributed by atoms with Crippen LogP contribution in [0.1, 0.15) is 19.8 Å². The second kappa shape index (κ2) is 3.73. The zero-order chi connectivity index (χ0) is 11.9. The lowest BCUT2D eigenvalue weighted by Crippen LogP contribution is -2.26. The minimum atomic E-state index is -0.524. The van der Waals surface area contributed by atoms with Crippen LogP contribution in [0.15, 0.2) is 11.1 Å². The van der Waals surface area contributed by atoms with Crippen LogP contribution in [0.4, 0.5) is 0 Å². The van der Waals surface area contributed by atoms with Gasteiger partial charge in [-0.05, 0) is 19.8 Å². The normalized spacial score (nSPS) is 28.9. The van der Waals surface area contributed by atoms with Crippen molar-refractivity contribution in [3.8, 4) is 0 Å². The van der Waals surface area contributed by atoms with Gasteiger partial charge in [0, 0.05) is 5.57 Å². The van der Waals surface area contributed by atoms with E-state index in [1.54, 1.807) is 6.92 Å². The Kier molecular flexibility index (Phi) is 2.53. The first-order chi connectivity index (χ1) is 7.54. The van der Waals surface area contributed by atoms with E-state index >= 15 is 0 Å². The van der Waals surface area contributed by atoms with Crippen LogP contribution in [0.3, 0.4) is 0 Å². The van der Waals surface area contributed by atoms with Gasteiger partial charge in [-0.2, -0.15) is 0 Å². The second-order valence-electron chi connectivity index (χ2n) is 4.11. The molecule has 1 aliphatic carbocycles. The smallest absolute Gasteiger partial charge is 0.333 e. The van der Waals surface area contributed by atoms with Gasteiger partial charge >= 0.3 is 17.9 Å². The Bertz CT molecular complexity index is 407. The number of carbonyl (C=O) groups is 3. The van der Waals surface area contributed by atoms with Crippen molar-refractivity contribution in [3.63, 3.8) is 0 Å². The second-order valence-corrected chi connectivity index (χ2v) is 4.11. The van der Waals surface area contributed by atoms with E-state index in [0.717, 1.165) is 5.57 Å². The standard InChI is InChI=1S/C11H12O5/c1-5-3-7-8(11(14)16-10(7)13)4-6(5)9(12)15-2/h7-8H,3-4H2,1-2H3/t7-,8+/m1/s1. The Morgan fingerprint density at radius 2 is 1.81 bits per heavy atom. The number of ether oxygens (including phenoxy) is 2. The van der Waals surface area contributed by atoms with Crippen molar-refractivity contribution in [2.75, 3.05) is 7.11 Å². The molecule has 0 aromatic carbocycles. The molecule has 5 nitrogen and oxygen atoms in total. The van der Waals surface area contributed by atoms with E-state index in [9.17, 15) is 14.4 Å². The summed E-state index contributed by atoms with van der Waals surface area (Å²) in [5, 5.41) is 0. The van der Waals surface area contributed by atoms with Gasteiger partial charge in [-0.25, -0.2) is 4.79 Å². The van der Waals surface area contributed by atoms with Crippen LogP contribution in [0, 0.1) is 11.8 Å². The summed E-state index contributed by atoms with van der Waals surface area (Å²) in [6, 6.07) is 0. The Balaban J connectivity index is 2.29. The Hall–Kier alpha value is -1.65. The zero-order valence-corrected chi connectivity index (χ0v) is 9.11. The van der Waals surface area contributed by atoms with E-state index < -0.39 is 29.7 Å². The van der Waals surface area contributed by atoms with Gasteiger partial charge in [-0.3, -0.25) is 9.59 Å². The first-order valence-electron chi connectivity index (χ1n) is 5.07. The maximum absolute atomic E-state index is 11.4. The summed E-state index contributed by atoms with van der Waals surface area (Å²) < 4.78 is 9.20. The SMILES string of the molecule is COC(=O)C1=C(C)C[C@H]2C(=O)OC(=O)[C@H]2C1. The highest BCUT2D eigenvalue weighted by Gasteiger charge is 2.47. The van der Waals surface area contributed by atoms with Crippen LogP contribution >= 0.6 is 0 Å². The van der Waals surface area contributed by atoms with Crippen LogP contribution in [-0.4, -0.2) is 25.0 Å². The number of methoxy groups -OCH3 is 1. The van der Waals surface area contributed by atoms with Gasteiger partial charge in [0.2, 0.25) is 0 Å². The lowest BCUT2D eigenvalue weighted by molar-refractivity contribution is -0.153. The van der Waals surface area contributed by atoms with Crippen molar-refractivity contribution in [1.82, 2.24) is 0 Å². The molecule has 5 heteroatoms. The molecule has 0 saturated carbocycles. The van der Waals surface area contributed by atoms with E-state index in [4.69, 9.17) is 0 Å². The highest BCUT2D eigenvalue weighted by molar-refractivity contribution is 5.99. The van der Waals surface area contributed by atoms with E-state index in [1.165, 1.54) is 7.11 Å². The van der Waals surface area contributed by atoms with Crippen molar-refractivity contribution in [2.24, 2.45) is 11.8 Å². The van der Waals surface area contributed by atoms with Crippen molar-refractivity contribution < 1.29 is 23.9 Å². The average Bonchev–Trinajstić information content (AvgIpc) is 2.52. The molecule has 0 radical (unpaired) electrons.